The second-order valence-electron chi connectivity index (χ2n) is 7.90. The first kappa shape index (κ1) is 29.8. The highest BCUT2D eigenvalue weighted by molar-refractivity contribution is 7.89. The van der Waals surface area contributed by atoms with Crippen LogP contribution in [0.2, 0.25) is 0 Å². The average Bonchev–Trinajstić information content (AvgIpc) is 2.87. The van der Waals surface area contributed by atoms with Crippen LogP contribution in [0.1, 0.15) is 12.8 Å². The lowest BCUT2D eigenvalue weighted by molar-refractivity contribution is -0.160. The lowest BCUT2D eigenvalue weighted by atomic mass is 10.1. The number of rotatable bonds is 14. The number of sulfonamides is 1. The van der Waals surface area contributed by atoms with Gasteiger partial charge in [-0.25, -0.2) is 13.2 Å². The number of esters is 2. The van der Waals surface area contributed by atoms with Crippen molar-refractivity contribution >= 4 is 38.7 Å². The number of nitrogens with two attached hydrogens (primary N) is 3. The van der Waals surface area contributed by atoms with E-state index in [9.17, 15) is 18.0 Å². The van der Waals surface area contributed by atoms with Crippen molar-refractivity contribution in [1.82, 2.24) is 4.31 Å². The molecule has 14 heteroatoms. The van der Waals surface area contributed by atoms with Gasteiger partial charge in [-0.15, -0.1) is 0 Å². The van der Waals surface area contributed by atoms with Crippen LogP contribution in [0.4, 0.5) is 0 Å². The molecule has 0 fully saturated rings. The Morgan fingerprint density at radius 2 is 1.68 bits per heavy atom. The number of nitrogens with zero attached hydrogens (tertiary/aromatic N) is 2. The molecule has 204 valence electrons. The summed E-state index contributed by atoms with van der Waals surface area (Å²) in [6, 6.07) is 6.74. The van der Waals surface area contributed by atoms with Crippen molar-refractivity contribution in [2.45, 2.75) is 23.8 Å². The average molecular weight is 540 g/mol. The molecule has 2 aromatic rings. The van der Waals surface area contributed by atoms with Gasteiger partial charge in [-0.1, -0.05) is 6.07 Å². The molecule has 0 saturated heterocycles. The summed E-state index contributed by atoms with van der Waals surface area (Å²) < 4.78 is 48.1. The summed E-state index contributed by atoms with van der Waals surface area (Å²) in [4.78, 5) is 28.4. The molecule has 0 aliphatic heterocycles. The molecule has 0 radical (unpaired) electrons. The van der Waals surface area contributed by atoms with Crippen molar-refractivity contribution in [1.29, 1.82) is 0 Å². The second kappa shape index (κ2) is 13.7. The number of guanidine groups is 1. The van der Waals surface area contributed by atoms with Crippen LogP contribution in [-0.4, -0.2) is 84.2 Å². The monoisotopic (exact) mass is 539 g/mol. The van der Waals surface area contributed by atoms with E-state index in [0.29, 0.717) is 23.3 Å². The van der Waals surface area contributed by atoms with E-state index in [-0.39, 0.29) is 37.0 Å². The van der Waals surface area contributed by atoms with E-state index in [1.807, 2.05) is 0 Å². The summed E-state index contributed by atoms with van der Waals surface area (Å²) >= 11 is 0. The van der Waals surface area contributed by atoms with Crippen molar-refractivity contribution < 1.29 is 37.0 Å². The van der Waals surface area contributed by atoms with Gasteiger partial charge in [0.15, 0.2) is 17.5 Å². The Balaban J connectivity index is 2.19. The zero-order valence-electron chi connectivity index (χ0n) is 21.0. The van der Waals surface area contributed by atoms with E-state index in [4.69, 9.17) is 36.1 Å². The molecule has 2 rings (SSSR count). The Labute approximate surface area is 215 Å². The van der Waals surface area contributed by atoms with Crippen LogP contribution in [0.3, 0.4) is 0 Å². The predicted molar refractivity (Wildman–Crippen MR) is 137 cm³/mol. The van der Waals surface area contributed by atoms with E-state index in [2.05, 4.69) is 4.99 Å². The predicted octanol–water partition coefficient (Wildman–Crippen LogP) is -0.0552. The van der Waals surface area contributed by atoms with Gasteiger partial charge in [0.1, 0.15) is 12.6 Å². The van der Waals surface area contributed by atoms with E-state index in [1.54, 1.807) is 18.2 Å². The maximum absolute atomic E-state index is 13.4. The maximum Gasteiger partial charge on any atom is 0.330 e. The van der Waals surface area contributed by atoms with Gasteiger partial charge in [0.2, 0.25) is 10.0 Å². The van der Waals surface area contributed by atoms with Gasteiger partial charge >= 0.3 is 11.9 Å². The fourth-order valence-corrected chi connectivity index (χ4v) is 4.75. The number of hydrogen-bond donors (Lipinski definition) is 3. The van der Waals surface area contributed by atoms with Crippen molar-refractivity contribution in [2.24, 2.45) is 22.2 Å². The summed E-state index contributed by atoms with van der Waals surface area (Å²) in [5.74, 6) is -1.22. The van der Waals surface area contributed by atoms with Gasteiger partial charge in [0, 0.05) is 20.2 Å². The topological polar surface area (TPSA) is 199 Å². The molecule has 0 unspecified atom stereocenters. The van der Waals surface area contributed by atoms with Crippen LogP contribution in [0.25, 0.3) is 10.8 Å². The molecule has 37 heavy (non-hydrogen) atoms. The summed E-state index contributed by atoms with van der Waals surface area (Å²) in [5, 5.41) is 1.30. The molecule has 0 amide bonds. The second-order valence-corrected chi connectivity index (χ2v) is 9.83. The molecular weight excluding hydrogens is 506 g/mol. The highest BCUT2D eigenvalue weighted by atomic mass is 32.2. The molecule has 0 aliphatic carbocycles. The summed E-state index contributed by atoms with van der Waals surface area (Å²) in [5.41, 5.74) is 16.2. The lowest BCUT2D eigenvalue weighted by Crippen LogP contribution is -2.41. The summed E-state index contributed by atoms with van der Waals surface area (Å²) in [7, 11) is 0.187. The van der Waals surface area contributed by atoms with Crippen LogP contribution in [0, 0.1) is 0 Å². The van der Waals surface area contributed by atoms with Gasteiger partial charge in [-0.3, -0.25) is 9.79 Å². The molecule has 0 bridgehead atoms. The number of aliphatic imine (C=N–C) groups is 1. The minimum atomic E-state index is -4.18. The largest absolute Gasteiger partial charge is 0.493 e. The normalized spacial score (nSPS) is 12.2. The molecule has 1 atom stereocenters. The van der Waals surface area contributed by atoms with Gasteiger partial charge in [0.05, 0.1) is 25.7 Å². The van der Waals surface area contributed by atoms with Crippen LogP contribution < -0.4 is 26.7 Å². The number of methoxy groups -OCH3 is 3. The molecule has 2 aromatic carbocycles. The molecule has 0 heterocycles. The molecule has 13 nitrogen and oxygen atoms in total. The third-order valence-electron chi connectivity index (χ3n) is 5.29. The molecular formula is C23H33N5O8S. The smallest absolute Gasteiger partial charge is 0.330 e. The Morgan fingerprint density at radius 1 is 1.03 bits per heavy atom. The van der Waals surface area contributed by atoms with Crippen LogP contribution in [0.15, 0.2) is 40.2 Å². The zero-order valence-corrected chi connectivity index (χ0v) is 21.8. The first-order chi connectivity index (χ1) is 17.5. The van der Waals surface area contributed by atoms with Gasteiger partial charge in [0.25, 0.3) is 0 Å². The Bertz CT molecular complexity index is 1230. The standard InChI is InChI=1S/C23H33N5O8S/c1-33-10-9-28(14-21(29)36-22(30)18(24)5-4-8-27-23(25)26)37(31,32)17-7-6-15-12-19(34-2)20(35-3)13-16(15)11-17/h6-7,11-13,18H,4-5,8-10,14,24H2,1-3H3,(H4,25,26,27)/t18-/m0/s1. The highest BCUT2D eigenvalue weighted by Crippen LogP contribution is 2.33. The molecule has 0 aromatic heterocycles. The quantitative estimate of drug-likeness (QED) is 0.0955. The minimum Gasteiger partial charge on any atom is -0.493 e. The lowest BCUT2D eigenvalue weighted by Gasteiger charge is -2.21. The molecule has 0 aliphatic rings. The highest BCUT2D eigenvalue weighted by Gasteiger charge is 2.29. The van der Waals surface area contributed by atoms with Crippen LogP contribution in [-0.2, 0) is 29.1 Å². The molecule has 6 N–H and O–H groups in total. The Kier molecular flexibility index (Phi) is 11.1. The first-order valence-electron chi connectivity index (χ1n) is 11.2. The number of carbonyl (C=O) groups is 2. The van der Waals surface area contributed by atoms with Gasteiger partial charge in [-0.2, -0.15) is 4.31 Å². The van der Waals surface area contributed by atoms with E-state index >= 15 is 0 Å². The SMILES string of the molecule is COCCN(CC(=O)OC(=O)[C@@H](N)CCCN=C(N)N)S(=O)(=O)c1ccc2cc(OC)c(OC)cc2c1. The number of carbonyl (C=O) groups excluding carboxylic acids is 2. The minimum absolute atomic E-state index is 0.00334. The van der Waals surface area contributed by atoms with E-state index in [0.717, 1.165) is 9.69 Å². The molecule has 0 saturated carbocycles. The van der Waals surface area contributed by atoms with Crippen LogP contribution >= 0.6 is 0 Å². The Hall–Kier alpha value is -3.46. The number of benzene rings is 2. The third kappa shape index (κ3) is 8.28. The van der Waals surface area contributed by atoms with Gasteiger partial charge in [-0.05, 0) is 47.9 Å². The maximum atomic E-state index is 13.4. The Morgan fingerprint density at radius 3 is 2.27 bits per heavy atom. The number of ether oxygens (including phenoxy) is 4. The van der Waals surface area contributed by atoms with Crippen molar-refractivity contribution in [3.63, 3.8) is 0 Å². The van der Waals surface area contributed by atoms with Crippen molar-refractivity contribution in [3.8, 4) is 11.5 Å². The zero-order chi connectivity index (χ0) is 27.6. The van der Waals surface area contributed by atoms with Crippen LogP contribution in [0.5, 0.6) is 11.5 Å². The van der Waals surface area contributed by atoms with E-state index < -0.39 is 34.5 Å². The summed E-state index contributed by atoms with van der Waals surface area (Å²) in [6.45, 7) is -0.618. The fourth-order valence-electron chi connectivity index (χ4n) is 3.34. The fraction of sp³-hybridized carbons (Fsp3) is 0.435. The summed E-state index contributed by atoms with van der Waals surface area (Å²) in [6.07, 6.45) is 0.551. The number of fused-ring (bicyclic) bond motifs is 1. The first-order valence-corrected chi connectivity index (χ1v) is 12.7. The molecule has 0 spiro atoms. The third-order valence-corrected chi connectivity index (χ3v) is 7.13. The van der Waals surface area contributed by atoms with Crippen molar-refractivity contribution in [2.75, 3.05) is 47.6 Å². The van der Waals surface area contributed by atoms with Crippen molar-refractivity contribution in [3.05, 3.63) is 30.3 Å². The van der Waals surface area contributed by atoms with E-state index in [1.165, 1.54) is 33.5 Å². The number of hydrogen-bond acceptors (Lipinski definition) is 10. The van der Waals surface area contributed by atoms with Gasteiger partial charge < -0.3 is 36.1 Å².